The molecule has 94 valence electrons. The smallest absolute Gasteiger partial charge is 0.411 e. The second kappa shape index (κ2) is 6.10. The van der Waals surface area contributed by atoms with Crippen LogP contribution in [0, 0.1) is 0 Å². The monoisotopic (exact) mass is 277 g/mol. The van der Waals surface area contributed by atoms with Crippen LogP contribution < -0.4 is 4.90 Å². The number of anilines is 1. The molecule has 0 saturated carbocycles. The molecule has 1 atom stereocenters. The number of carboxylic acid groups (broad SMARTS) is 1. The van der Waals surface area contributed by atoms with Gasteiger partial charge in [0.05, 0.1) is 28.4 Å². The third-order valence-electron chi connectivity index (χ3n) is 2.30. The van der Waals surface area contributed by atoms with Crippen molar-refractivity contribution < 1.29 is 15.0 Å². The molecule has 0 aliphatic heterocycles. The van der Waals surface area contributed by atoms with Crippen LogP contribution in [-0.4, -0.2) is 29.0 Å². The minimum Gasteiger partial charge on any atom is -0.465 e. The van der Waals surface area contributed by atoms with Crippen molar-refractivity contribution >= 4 is 35.0 Å². The molecule has 17 heavy (non-hydrogen) atoms. The van der Waals surface area contributed by atoms with E-state index in [4.69, 9.17) is 28.3 Å². The standard InChI is InChI=1S/C11H13Cl2NO3/c1-2-7(15)6-14(11(16)17)10-8(12)4-3-5-9(10)13/h3-5,7,15H,2,6H2,1H3,(H,16,17). The molecule has 2 N–H and O–H groups in total. The van der Waals surface area contributed by atoms with E-state index in [2.05, 4.69) is 0 Å². The first kappa shape index (κ1) is 14.1. The fourth-order valence-electron chi connectivity index (χ4n) is 1.35. The summed E-state index contributed by atoms with van der Waals surface area (Å²) in [7, 11) is 0. The topological polar surface area (TPSA) is 60.8 Å². The molecule has 1 amide bonds. The molecule has 0 saturated heterocycles. The summed E-state index contributed by atoms with van der Waals surface area (Å²) in [5.74, 6) is 0. The number of hydrogen-bond acceptors (Lipinski definition) is 2. The fraction of sp³-hybridized carbons (Fsp3) is 0.364. The number of nitrogens with zero attached hydrogens (tertiary/aromatic N) is 1. The van der Waals surface area contributed by atoms with Crippen LogP contribution in [0.3, 0.4) is 0 Å². The molecule has 6 heteroatoms. The summed E-state index contributed by atoms with van der Waals surface area (Å²) in [6, 6.07) is 4.73. The maximum absolute atomic E-state index is 11.2. The zero-order valence-electron chi connectivity index (χ0n) is 9.23. The van der Waals surface area contributed by atoms with Crippen LogP contribution in [0.15, 0.2) is 18.2 Å². The molecule has 4 nitrogen and oxygen atoms in total. The third-order valence-corrected chi connectivity index (χ3v) is 2.91. The Kier molecular flexibility index (Phi) is 5.05. The van der Waals surface area contributed by atoms with Crippen molar-refractivity contribution in [2.75, 3.05) is 11.4 Å². The van der Waals surface area contributed by atoms with E-state index in [1.807, 2.05) is 0 Å². The van der Waals surface area contributed by atoms with Crippen molar-refractivity contribution in [3.05, 3.63) is 28.2 Å². The van der Waals surface area contributed by atoms with E-state index < -0.39 is 12.2 Å². The summed E-state index contributed by atoms with van der Waals surface area (Å²) in [4.78, 5) is 12.1. The van der Waals surface area contributed by atoms with Crippen molar-refractivity contribution in [1.82, 2.24) is 0 Å². The van der Waals surface area contributed by atoms with E-state index in [9.17, 15) is 9.90 Å². The predicted molar refractivity (Wildman–Crippen MR) is 68.1 cm³/mol. The summed E-state index contributed by atoms with van der Waals surface area (Å²) in [6.07, 6.45) is -1.50. The normalized spacial score (nSPS) is 12.2. The Bertz CT molecular complexity index is 391. The van der Waals surface area contributed by atoms with Crippen LogP contribution in [0.4, 0.5) is 10.5 Å². The lowest BCUT2D eigenvalue weighted by molar-refractivity contribution is 0.165. The van der Waals surface area contributed by atoms with Crippen LogP contribution in [0.5, 0.6) is 0 Å². The number of amides is 1. The first-order valence-electron chi connectivity index (χ1n) is 5.09. The molecule has 1 unspecified atom stereocenters. The second-order valence-electron chi connectivity index (χ2n) is 3.53. The molecule has 0 aliphatic carbocycles. The molecule has 0 heterocycles. The Morgan fingerprint density at radius 3 is 2.35 bits per heavy atom. The number of benzene rings is 1. The summed E-state index contributed by atoms with van der Waals surface area (Å²) in [6.45, 7) is 1.70. The highest BCUT2D eigenvalue weighted by atomic mass is 35.5. The van der Waals surface area contributed by atoms with Crippen LogP contribution in [0.25, 0.3) is 0 Å². The number of rotatable bonds is 4. The Morgan fingerprint density at radius 2 is 1.94 bits per heavy atom. The number of hydrogen-bond donors (Lipinski definition) is 2. The molecule has 0 spiro atoms. The fourth-order valence-corrected chi connectivity index (χ4v) is 1.95. The molecule has 0 aliphatic rings. The molecule has 0 radical (unpaired) electrons. The summed E-state index contributed by atoms with van der Waals surface area (Å²) in [5, 5.41) is 19.1. The molecule has 0 bridgehead atoms. The summed E-state index contributed by atoms with van der Waals surface area (Å²) >= 11 is 11.8. The minimum atomic E-state index is -1.20. The van der Waals surface area contributed by atoms with Gasteiger partial charge >= 0.3 is 6.09 Å². The maximum Gasteiger partial charge on any atom is 0.411 e. The van der Waals surface area contributed by atoms with Crippen molar-refractivity contribution in [2.45, 2.75) is 19.4 Å². The van der Waals surface area contributed by atoms with Gasteiger partial charge in [-0.25, -0.2) is 4.79 Å². The SMILES string of the molecule is CCC(O)CN(C(=O)O)c1c(Cl)cccc1Cl. The lowest BCUT2D eigenvalue weighted by Gasteiger charge is -2.23. The van der Waals surface area contributed by atoms with Gasteiger partial charge in [0.1, 0.15) is 0 Å². The highest BCUT2D eigenvalue weighted by Gasteiger charge is 2.22. The average Bonchev–Trinajstić information content (AvgIpc) is 2.26. The zero-order valence-corrected chi connectivity index (χ0v) is 10.7. The number of halogens is 2. The van der Waals surface area contributed by atoms with Gasteiger partial charge in [-0.05, 0) is 18.6 Å². The van der Waals surface area contributed by atoms with E-state index in [-0.39, 0.29) is 22.3 Å². The predicted octanol–water partition coefficient (Wildman–Crippen LogP) is 3.25. The van der Waals surface area contributed by atoms with E-state index in [0.29, 0.717) is 6.42 Å². The lowest BCUT2D eigenvalue weighted by Crippen LogP contribution is -2.36. The number of para-hydroxylation sites is 1. The van der Waals surface area contributed by atoms with Gasteiger partial charge in [0.15, 0.2) is 0 Å². The first-order chi connectivity index (χ1) is 7.97. The van der Waals surface area contributed by atoms with Gasteiger partial charge in [-0.3, -0.25) is 4.90 Å². The van der Waals surface area contributed by atoms with Crippen molar-refractivity contribution in [1.29, 1.82) is 0 Å². The molecule has 0 aromatic heterocycles. The highest BCUT2D eigenvalue weighted by molar-refractivity contribution is 6.39. The summed E-state index contributed by atoms with van der Waals surface area (Å²) in [5.41, 5.74) is 0.204. The van der Waals surface area contributed by atoms with Gasteiger partial charge in [-0.1, -0.05) is 36.2 Å². The minimum absolute atomic E-state index is 0.0602. The third kappa shape index (κ3) is 3.49. The van der Waals surface area contributed by atoms with Crippen molar-refractivity contribution in [3.63, 3.8) is 0 Å². The Balaban J connectivity index is 3.10. The van der Waals surface area contributed by atoms with Crippen molar-refractivity contribution in [2.24, 2.45) is 0 Å². The maximum atomic E-state index is 11.2. The van der Waals surface area contributed by atoms with E-state index >= 15 is 0 Å². The average molecular weight is 278 g/mol. The van der Waals surface area contributed by atoms with Crippen LogP contribution in [0.1, 0.15) is 13.3 Å². The Labute approximate surface area is 109 Å². The van der Waals surface area contributed by atoms with Gasteiger partial charge in [0, 0.05) is 0 Å². The Hall–Kier alpha value is -0.970. The molecule has 1 aromatic carbocycles. The van der Waals surface area contributed by atoms with Crippen molar-refractivity contribution in [3.8, 4) is 0 Å². The lowest BCUT2D eigenvalue weighted by atomic mass is 10.2. The van der Waals surface area contributed by atoms with Gasteiger partial charge < -0.3 is 10.2 Å². The van der Waals surface area contributed by atoms with Crippen LogP contribution in [-0.2, 0) is 0 Å². The Morgan fingerprint density at radius 1 is 1.41 bits per heavy atom. The van der Waals surface area contributed by atoms with E-state index in [1.165, 1.54) is 0 Å². The number of aliphatic hydroxyl groups is 1. The van der Waals surface area contributed by atoms with Gasteiger partial charge in [0.25, 0.3) is 0 Å². The molecule has 1 rings (SSSR count). The molecule has 0 fully saturated rings. The van der Waals surface area contributed by atoms with Crippen LogP contribution >= 0.6 is 23.2 Å². The largest absolute Gasteiger partial charge is 0.465 e. The van der Waals surface area contributed by atoms with Gasteiger partial charge in [-0.15, -0.1) is 0 Å². The zero-order chi connectivity index (χ0) is 13.0. The van der Waals surface area contributed by atoms with E-state index in [1.54, 1.807) is 25.1 Å². The van der Waals surface area contributed by atoms with Crippen LogP contribution in [0.2, 0.25) is 10.0 Å². The molecular weight excluding hydrogens is 265 g/mol. The van der Waals surface area contributed by atoms with E-state index in [0.717, 1.165) is 4.90 Å². The summed E-state index contributed by atoms with van der Waals surface area (Å²) < 4.78 is 0. The highest BCUT2D eigenvalue weighted by Crippen LogP contribution is 2.33. The first-order valence-corrected chi connectivity index (χ1v) is 5.85. The quantitative estimate of drug-likeness (QED) is 0.888. The molecular formula is C11H13Cl2NO3. The van der Waals surface area contributed by atoms with Gasteiger partial charge in [0.2, 0.25) is 0 Å². The number of aliphatic hydroxyl groups excluding tert-OH is 1. The number of carbonyl (C=O) groups is 1. The van der Waals surface area contributed by atoms with Gasteiger partial charge in [-0.2, -0.15) is 0 Å². The second-order valence-corrected chi connectivity index (χ2v) is 4.34. The molecule has 1 aromatic rings.